The largest absolute Gasteiger partial charge is 0.300 e. The molecule has 1 rings (SSSR count). The monoisotopic (exact) mass is 191 g/mol. The molecule has 0 unspecified atom stereocenters. The fourth-order valence-corrected chi connectivity index (χ4v) is 1.40. The summed E-state index contributed by atoms with van der Waals surface area (Å²) in [6.45, 7) is 4.21. The molecule has 0 aliphatic rings. The van der Waals surface area contributed by atoms with Gasteiger partial charge < -0.3 is 4.90 Å². The number of benzene rings is 1. The molecule has 0 aliphatic heterocycles. The van der Waals surface area contributed by atoms with Crippen LogP contribution in [0.15, 0.2) is 24.3 Å². The number of aldehydes is 1. The van der Waals surface area contributed by atoms with Gasteiger partial charge in [-0.1, -0.05) is 24.3 Å². The highest BCUT2D eigenvalue weighted by atomic mass is 16.1. The van der Waals surface area contributed by atoms with Crippen LogP contribution in [-0.4, -0.2) is 25.3 Å². The van der Waals surface area contributed by atoms with Crippen molar-refractivity contribution in [3.63, 3.8) is 0 Å². The van der Waals surface area contributed by atoms with E-state index in [4.69, 9.17) is 0 Å². The molecule has 0 heterocycles. The molecule has 0 amide bonds. The molecule has 0 aromatic heterocycles. The van der Waals surface area contributed by atoms with Gasteiger partial charge in [-0.3, -0.25) is 4.79 Å². The van der Waals surface area contributed by atoms with Crippen LogP contribution in [0.1, 0.15) is 29.8 Å². The fourth-order valence-electron chi connectivity index (χ4n) is 1.40. The van der Waals surface area contributed by atoms with E-state index in [-0.39, 0.29) is 5.54 Å². The number of hydrogen-bond donors (Lipinski definition) is 0. The second kappa shape index (κ2) is 3.93. The SMILES string of the molecule is CN(C)C(C)(C)c1ccccc1C=O. The second-order valence-electron chi connectivity index (χ2n) is 4.16. The third kappa shape index (κ3) is 1.85. The zero-order chi connectivity index (χ0) is 10.8. The first-order valence-electron chi connectivity index (χ1n) is 4.72. The first kappa shape index (κ1) is 10.9. The first-order valence-corrected chi connectivity index (χ1v) is 4.72. The second-order valence-corrected chi connectivity index (χ2v) is 4.16. The van der Waals surface area contributed by atoms with Crippen molar-refractivity contribution in [3.05, 3.63) is 35.4 Å². The Labute approximate surface area is 85.5 Å². The van der Waals surface area contributed by atoms with E-state index in [1.165, 1.54) is 0 Å². The topological polar surface area (TPSA) is 20.3 Å². The van der Waals surface area contributed by atoms with E-state index in [0.29, 0.717) is 0 Å². The van der Waals surface area contributed by atoms with Crippen LogP contribution in [-0.2, 0) is 5.54 Å². The van der Waals surface area contributed by atoms with Gasteiger partial charge in [0.15, 0.2) is 0 Å². The molecule has 0 saturated heterocycles. The molecule has 2 nitrogen and oxygen atoms in total. The lowest BCUT2D eigenvalue weighted by molar-refractivity contribution is 0.111. The number of rotatable bonds is 3. The number of hydrogen-bond acceptors (Lipinski definition) is 2. The molecule has 0 N–H and O–H groups in total. The van der Waals surface area contributed by atoms with E-state index in [1.807, 2.05) is 38.4 Å². The average Bonchev–Trinajstić information content (AvgIpc) is 2.17. The van der Waals surface area contributed by atoms with Gasteiger partial charge in [0.05, 0.1) is 0 Å². The number of nitrogens with zero attached hydrogens (tertiary/aromatic N) is 1. The van der Waals surface area contributed by atoms with Crippen molar-refractivity contribution >= 4 is 6.29 Å². The van der Waals surface area contributed by atoms with Crippen LogP contribution in [0.2, 0.25) is 0 Å². The minimum atomic E-state index is -0.114. The van der Waals surface area contributed by atoms with Gasteiger partial charge in [-0.25, -0.2) is 0 Å². The van der Waals surface area contributed by atoms with Crippen molar-refractivity contribution < 1.29 is 4.79 Å². The van der Waals surface area contributed by atoms with Crippen LogP contribution in [0.3, 0.4) is 0 Å². The summed E-state index contributed by atoms with van der Waals surface area (Å²) in [5.74, 6) is 0. The molecular weight excluding hydrogens is 174 g/mol. The Hall–Kier alpha value is -1.15. The summed E-state index contributed by atoms with van der Waals surface area (Å²) in [5, 5.41) is 0. The summed E-state index contributed by atoms with van der Waals surface area (Å²) in [7, 11) is 4.03. The average molecular weight is 191 g/mol. The fraction of sp³-hybridized carbons (Fsp3) is 0.417. The van der Waals surface area contributed by atoms with E-state index >= 15 is 0 Å². The predicted octanol–water partition coefficient (Wildman–Crippen LogP) is 2.30. The summed E-state index contributed by atoms with van der Waals surface area (Å²) in [5.41, 5.74) is 1.73. The Balaban J connectivity index is 3.24. The lowest BCUT2D eigenvalue weighted by Gasteiger charge is -2.34. The van der Waals surface area contributed by atoms with Gasteiger partial charge in [-0.15, -0.1) is 0 Å². The molecule has 0 bridgehead atoms. The minimum absolute atomic E-state index is 0.114. The molecule has 0 atom stereocenters. The molecule has 0 radical (unpaired) electrons. The molecule has 76 valence electrons. The van der Waals surface area contributed by atoms with Gasteiger partial charge in [0.25, 0.3) is 0 Å². The van der Waals surface area contributed by atoms with Crippen LogP contribution in [0.5, 0.6) is 0 Å². The summed E-state index contributed by atoms with van der Waals surface area (Å²) in [6, 6.07) is 7.71. The lowest BCUT2D eigenvalue weighted by atomic mass is 9.89. The molecule has 14 heavy (non-hydrogen) atoms. The molecule has 0 spiro atoms. The van der Waals surface area contributed by atoms with Gasteiger partial charge in [0, 0.05) is 11.1 Å². The van der Waals surface area contributed by atoms with E-state index in [1.54, 1.807) is 0 Å². The van der Waals surface area contributed by atoms with Crippen LogP contribution in [0.4, 0.5) is 0 Å². The Morgan fingerprint density at radius 1 is 1.21 bits per heavy atom. The van der Waals surface area contributed by atoms with E-state index < -0.39 is 0 Å². The third-order valence-electron chi connectivity index (χ3n) is 2.86. The Morgan fingerprint density at radius 2 is 1.79 bits per heavy atom. The Bertz CT molecular complexity index is 329. The Morgan fingerprint density at radius 3 is 2.29 bits per heavy atom. The van der Waals surface area contributed by atoms with Crippen molar-refractivity contribution in [3.8, 4) is 0 Å². The summed E-state index contributed by atoms with van der Waals surface area (Å²) >= 11 is 0. The molecule has 2 heteroatoms. The highest BCUT2D eigenvalue weighted by Crippen LogP contribution is 2.27. The quantitative estimate of drug-likeness (QED) is 0.683. The standard InChI is InChI=1S/C12H17NO/c1-12(2,13(3)4)11-8-6-5-7-10(11)9-14/h5-9H,1-4H3. The van der Waals surface area contributed by atoms with Gasteiger partial charge >= 0.3 is 0 Å². The summed E-state index contributed by atoms with van der Waals surface area (Å²) in [6.07, 6.45) is 0.917. The van der Waals surface area contributed by atoms with Crippen LogP contribution in [0, 0.1) is 0 Å². The molecule has 1 aromatic rings. The zero-order valence-corrected chi connectivity index (χ0v) is 9.24. The van der Waals surface area contributed by atoms with Gasteiger partial charge in [0.2, 0.25) is 0 Å². The van der Waals surface area contributed by atoms with Crippen molar-refractivity contribution in [1.29, 1.82) is 0 Å². The van der Waals surface area contributed by atoms with Gasteiger partial charge in [-0.05, 0) is 33.5 Å². The van der Waals surface area contributed by atoms with E-state index in [0.717, 1.165) is 17.4 Å². The number of carbonyl (C=O) groups is 1. The maximum Gasteiger partial charge on any atom is 0.150 e. The zero-order valence-electron chi connectivity index (χ0n) is 9.24. The van der Waals surface area contributed by atoms with Gasteiger partial charge in [0.1, 0.15) is 6.29 Å². The maximum atomic E-state index is 10.9. The smallest absolute Gasteiger partial charge is 0.150 e. The van der Waals surface area contributed by atoms with Crippen LogP contribution >= 0.6 is 0 Å². The van der Waals surface area contributed by atoms with E-state index in [2.05, 4.69) is 18.7 Å². The normalized spacial score (nSPS) is 11.8. The van der Waals surface area contributed by atoms with Crippen molar-refractivity contribution in [2.75, 3.05) is 14.1 Å². The minimum Gasteiger partial charge on any atom is -0.300 e. The molecular formula is C12H17NO. The molecule has 0 saturated carbocycles. The van der Waals surface area contributed by atoms with Crippen LogP contribution in [0.25, 0.3) is 0 Å². The molecule has 1 aromatic carbocycles. The predicted molar refractivity (Wildman–Crippen MR) is 58.5 cm³/mol. The van der Waals surface area contributed by atoms with Gasteiger partial charge in [-0.2, -0.15) is 0 Å². The summed E-state index contributed by atoms with van der Waals surface area (Å²) in [4.78, 5) is 13.0. The highest BCUT2D eigenvalue weighted by molar-refractivity contribution is 5.77. The third-order valence-corrected chi connectivity index (χ3v) is 2.86. The Kier molecular flexibility index (Phi) is 3.06. The summed E-state index contributed by atoms with van der Waals surface area (Å²) < 4.78 is 0. The lowest BCUT2D eigenvalue weighted by Crippen LogP contribution is -2.36. The first-order chi connectivity index (χ1) is 6.50. The number of carbonyl (C=O) groups excluding carboxylic acids is 1. The van der Waals surface area contributed by atoms with Crippen molar-refractivity contribution in [2.24, 2.45) is 0 Å². The van der Waals surface area contributed by atoms with Crippen molar-refractivity contribution in [2.45, 2.75) is 19.4 Å². The molecule has 0 fully saturated rings. The highest BCUT2D eigenvalue weighted by Gasteiger charge is 2.25. The molecule has 0 aliphatic carbocycles. The van der Waals surface area contributed by atoms with Crippen LogP contribution < -0.4 is 0 Å². The van der Waals surface area contributed by atoms with Crippen molar-refractivity contribution in [1.82, 2.24) is 4.90 Å². The maximum absolute atomic E-state index is 10.9. The van der Waals surface area contributed by atoms with E-state index in [9.17, 15) is 4.79 Å².